The number of fused-ring (bicyclic) bond motifs is 1. The first-order valence-electron chi connectivity index (χ1n) is 8.22. The Morgan fingerprint density at radius 3 is 2.95 bits per heavy atom. The zero-order valence-corrected chi connectivity index (χ0v) is 12.9. The molecule has 0 radical (unpaired) electrons. The van der Waals surface area contributed by atoms with Gasteiger partial charge >= 0.3 is 0 Å². The van der Waals surface area contributed by atoms with Gasteiger partial charge in [0.1, 0.15) is 0 Å². The Hall–Kier alpha value is -1.66. The van der Waals surface area contributed by atoms with Crippen molar-refractivity contribution in [2.45, 2.75) is 44.9 Å². The van der Waals surface area contributed by atoms with Gasteiger partial charge in [0.25, 0.3) is 0 Å². The number of hydrogen-bond acceptors (Lipinski definition) is 4. The maximum absolute atomic E-state index is 5.51. The van der Waals surface area contributed by atoms with Gasteiger partial charge in [0, 0.05) is 51.3 Å². The largest absolute Gasteiger partial charge is 0.381 e. The van der Waals surface area contributed by atoms with E-state index < -0.39 is 0 Å². The number of imidazole rings is 1. The van der Waals surface area contributed by atoms with Gasteiger partial charge < -0.3 is 9.30 Å². The molecular formula is C16H23N5O. The highest BCUT2D eigenvalue weighted by atomic mass is 16.5. The second kappa shape index (κ2) is 6.22. The van der Waals surface area contributed by atoms with Crippen molar-refractivity contribution in [3.8, 4) is 0 Å². The summed E-state index contributed by atoms with van der Waals surface area (Å²) in [6, 6.07) is 2.62. The van der Waals surface area contributed by atoms with Crippen molar-refractivity contribution >= 4 is 0 Å². The molecule has 0 aliphatic carbocycles. The Morgan fingerprint density at radius 1 is 1.23 bits per heavy atom. The first-order chi connectivity index (χ1) is 10.9. The van der Waals surface area contributed by atoms with E-state index in [1.165, 1.54) is 18.7 Å². The quantitative estimate of drug-likeness (QED) is 0.862. The molecule has 0 N–H and O–H groups in total. The van der Waals surface area contributed by atoms with E-state index in [2.05, 4.69) is 19.5 Å². The summed E-state index contributed by atoms with van der Waals surface area (Å²) in [6.45, 7) is 5.81. The lowest BCUT2D eigenvalue weighted by molar-refractivity contribution is 0.0314. The molecule has 2 aliphatic heterocycles. The van der Waals surface area contributed by atoms with Gasteiger partial charge in [0.15, 0.2) is 0 Å². The van der Waals surface area contributed by atoms with Crippen LogP contribution in [-0.2, 0) is 24.4 Å². The molecule has 0 amide bonds. The van der Waals surface area contributed by atoms with E-state index in [0.29, 0.717) is 6.04 Å². The van der Waals surface area contributed by atoms with Crippen molar-refractivity contribution < 1.29 is 4.74 Å². The van der Waals surface area contributed by atoms with Gasteiger partial charge in [-0.3, -0.25) is 9.58 Å². The van der Waals surface area contributed by atoms with Crippen LogP contribution in [0.4, 0.5) is 0 Å². The van der Waals surface area contributed by atoms with E-state index in [-0.39, 0.29) is 0 Å². The molecule has 1 saturated heterocycles. The van der Waals surface area contributed by atoms with E-state index >= 15 is 0 Å². The molecule has 0 spiro atoms. The topological polar surface area (TPSA) is 48.1 Å². The highest BCUT2D eigenvalue weighted by Crippen LogP contribution is 2.22. The average molecular weight is 301 g/mol. The summed E-state index contributed by atoms with van der Waals surface area (Å²) in [7, 11) is 0. The SMILES string of the molecule is c1cnn(Cc2ncn3c2CN(C2CCOCC2)CCC3)c1. The lowest BCUT2D eigenvalue weighted by Crippen LogP contribution is -2.39. The number of aryl methyl sites for hydroxylation is 1. The van der Waals surface area contributed by atoms with E-state index in [9.17, 15) is 0 Å². The fraction of sp³-hybridized carbons (Fsp3) is 0.625. The number of nitrogens with zero attached hydrogens (tertiary/aromatic N) is 5. The molecule has 2 aromatic heterocycles. The number of hydrogen-bond donors (Lipinski definition) is 0. The van der Waals surface area contributed by atoms with Crippen LogP contribution >= 0.6 is 0 Å². The monoisotopic (exact) mass is 301 g/mol. The van der Waals surface area contributed by atoms with Crippen molar-refractivity contribution in [2.75, 3.05) is 19.8 Å². The molecule has 0 bridgehead atoms. The summed E-state index contributed by atoms with van der Waals surface area (Å²) >= 11 is 0. The van der Waals surface area contributed by atoms with Gasteiger partial charge in [-0.2, -0.15) is 5.10 Å². The molecule has 0 unspecified atom stereocenters. The molecule has 0 saturated carbocycles. The van der Waals surface area contributed by atoms with Gasteiger partial charge in [-0.25, -0.2) is 4.98 Å². The summed E-state index contributed by atoms with van der Waals surface area (Å²) in [5.74, 6) is 0. The Morgan fingerprint density at radius 2 is 2.14 bits per heavy atom. The fourth-order valence-corrected chi connectivity index (χ4v) is 3.58. The van der Waals surface area contributed by atoms with Gasteiger partial charge in [0.05, 0.1) is 24.3 Å². The van der Waals surface area contributed by atoms with Crippen LogP contribution in [0.2, 0.25) is 0 Å². The number of rotatable bonds is 3. The van der Waals surface area contributed by atoms with Crippen molar-refractivity contribution in [3.63, 3.8) is 0 Å². The maximum atomic E-state index is 5.51. The molecule has 1 fully saturated rings. The highest BCUT2D eigenvalue weighted by molar-refractivity contribution is 5.15. The van der Waals surface area contributed by atoms with E-state index in [1.54, 1.807) is 0 Å². The standard InChI is InChI=1S/C16H23N5O/c1-5-18-21(8-1)11-15-16-12-19(14-3-9-22-10-4-14)6-2-7-20(16)13-17-15/h1,5,8,13-14H,2-4,6-7,9-12H2. The summed E-state index contributed by atoms with van der Waals surface area (Å²) in [4.78, 5) is 7.28. The van der Waals surface area contributed by atoms with Crippen LogP contribution in [0.3, 0.4) is 0 Å². The van der Waals surface area contributed by atoms with Crippen LogP contribution in [0.25, 0.3) is 0 Å². The lowest BCUT2D eigenvalue weighted by atomic mass is 10.1. The molecule has 22 heavy (non-hydrogen) atoms. The first-order valence-corrected chi connectivity index (χ1v) is 8.22. The summed E-state index contributed by atoms with van der Waals surface area (Å²) in [6.07, 6.45) is 9.33. The third-order valence-corrected chi connectivity index (χ3v) is 4.81. The molecule has 2 aromatic rings. The second-order valence-corrected chi connectivity index (χ2v) is 6.20. The zero-order valence-electron chi connectivity index (χ0n) is 12.9. The summed E-state index contributed by atoms with van der Waals surface area (Å²) in [5.41, 5.74) is 2.52. The lowest BCUT2D eigenvalue weighted by Gasteiger charge is -2.33. The molecule has 0 atom stereocenters. The van der Waals surface area contributed by atoms with Gasteiger partial charge in [-0.1, -0.05) is 0 Å². The average Bonchev–Trinajstić information content (AvgIpc) is 3.14. The van der Waals surface area contributed by atoms with Crippen molar-refractivity contribution in [3.05, 3.63) is 36.2 Å². The maximum Gasteiger partial charge on any atom is 0.0952 e. The normalized spacial score (nSPS) is 20.7. The van der Waals surface area contributed by atoms with E-state index in [1.807, 2.05) is 29.5 Å². The minimum atomic E-state index is 0.660. The van der Waals surface area contributed by atoms with Crippen molar-refractivity contribution in [1.82, 2.24) is 24.2 Å². The van der Waals surface area contributed by atoms with Crippen molar-refractivity contribution in [1.29, 1.82) is 0 Å². The molecule has 0 aromatic carbocycles. The molecule has 2 aliphatic rings. The van der Waals surface area contributed by atoms with Crippen LogP contribution in [-0.4, -0.2) is 50.0 Å². The van der Waals surface area contributed by atoms with Gasteiger partial charge in [0.2, 0.25) is 0 Å². The number of aromatic nitrogens is 4. The molecule has 6 heteroatoms. The van der Waals surface area contributed by atoms with Crippen LogP contribution in [0.15, 0.2) is 24.8 Å². The van der Waals surface area contributed by atoms with Crippen molar-refractivity contribution in [2.24, 2.45) is 0 Å². The van der Waals surface area contributed by atoms with Crippen LogP contribution in [0, 0.1) is 0 Å². The molecule has 6 nitrogen and oxygen atoms in total. The van der Waals surface area contributed by atoms with E-state index in [0.717, 1.165) is 51.4 Å². The summed E-state index contributed by atoms with van der Waals surface area (Å²) < 4.78 is 9.80. The number of ether oxygens (including phenoxy) is 1. The fourth-order valence-electron chi connectivity index (χ4n) is 3.58. The Bertz CT molecular complexity index is 600. The van der Waals surface area contributed by atoms with Crippen LogP contribution in [0.1, 0.15) is 30.7 Å². The predicted molar refractivity (Wildman–Crippen MR) is 82.4 cm³/mol. The second-order valence-electron chi connectivity index (χ2n) is 6.20. The molecular weight excluding hydrogens is 278 g/mol. The van der Waals surface area contributed by atoms with Gasteiger partial charge in [-0.05, 0) is 25.3 Å². The Labute approximate surface area is 130 Å². The third kappa shape index (κ3) is 2.80. The van der Waals surface area contributed by atoms with Crippen LogP contribution < -0.4 is 0 Å². The molecule has 118 valence electrons. The zero-order chi connectivity index (χ0) is 14.8. The first kappa shape index (κ1) is 14.0. The Kier molecular flexibility index (Phi) is 3.95. The highest BCUT2D eigenvalue weighted by Gasteiger charge is 2.26. The van der Waals surface area contributed by atoms with Gasteiger partial charge in [-0.15, -0.1) is 0 Å². The minimum absolute atomic E-state index is 0.660. The predicted octanol–water partition coefficient (Wildman–Crippen LogP) is 1.51. The third-order valence-electron chi connectivity index (χ3n) is 4.81. The van der Waals surface area contributed by atoms with E-state index in [4.69, 9.17) is 4.74 Å². The molecule has 4 heterocycles. The molecule has 4 rings (SSSR count). The Balaban J connectivity index is 1.55. The smallest absolute Gasteiger partial charge is 0.0952 e. The summed E-state index contributed by atoms with van der Waals surface area (Å²) in [5, 5.41) is 4.31. The van der Waals surface area contributed by atoms with Crippen LogP contribution in [0.5, 0.6) is 0 Å². The minimum Gasteiger partial charge on any atom is -0.381 e.